The molecule has 5 nitrogen and oxygen atoms in total. The van der Waals surface area contributed by atoms with Gasteiger partial charge in [-0.1, -0.05) is 6.07 Å². The molecule has 0 amide bonds. The Morgan fingerprint density at radius 1 is 1.17 bits per heavy atom. The van der Waals surface area contributed by atoms with E-state index in [9.17, 15) is 8.78 Å². The highest BCUT2D eigenvalue weighted by Gasteiger charge is 2.05. The summed E-state index contributed by atoms with van der Waals surface area (Å²) in [6.07, 6.45) is 2.73. The molecular formula is C15H11F2N5S. The first-order valence-corrected chi connectivity index (χ1v) is 7.41. The van der Waals surface area contributed by atoms with Crippen LogP contribution >= 0.6 is 11.3 Å². The van der Waals surface area contributed by atoms with Gasteiger partial charge in [-0.2, -0.15) is 9.49 Å². The van der Waals surface area contributed by atoms with E-state index in [1.54, 1.807) is 23.6 Å². The molecule has 1 aromatic carbocycles. The van der Waals surface area contributed by atoms with Crippen LogP contribution in [0.5, 0.6) is 0 Å². The van der Waals surface area contributed by atoms with Crippen LogP contribution in [0.15, 0.2) is 47.0 Å². The van der Waals surface area contributed by atoms with Crippen molar-refractivity contribution in [3.63, 3.8) is 0 Å². The Morgan fingerprint density at radius 3 is 2.70 bits per heavy atom. The molecule has 0 aliphatic heterocycles. The van der Waals surface area contributed by atoms with Gasteiger partial charge in [-0.3, -0.25) is 5.43 Å². The lowest BCUT2D eigenvalue weighted by atomic mass is 10.0. The van der Waals surface area contributed by atoms with Gasteiger partial charge < -0.3 is 5.73 Å². The molecule has 3 N–H and O–H groups in total. The quantitative estimate of drug-likeness (QED) is 0.436. The Morgan fingerprint density at radius 2 is 2.00 bits per heavy atom. The van der Waals surface area contributed by atoms with E-state index in [0.29, 0.717) is 22.1 Å². The number of thiazole rings is 1. The number of aromatic nitrogens is 2. The maximum Gasteiger partial charge on any atom is 0.212 e. The van der Waals surface area contributed by atoms with E-state index in [1.807, 2.05) is 0 Å². The smallest absolute Gasteiger partial charge is 0.212 e. The van der Waals surface area contributed by atoms with Crippen molar-refractivity contribution in [3.05, 3.63) is 59.2 Å². The maximum absolute atomic E-state index is 13.9. The first-order valence-electron chi connectivity index (χ1n) is 6.53. The van der Waals surface area contributed by atoms with Crippen molar-refractivity contribution in [1.82, 2.24) is 9.97 Å². The highest BCUT2D eigenvalue weighted by atomic mass is 32.1. The van der Waals surface area contributed by atoms with Crippen molar-refractivity contribution in [2.24, 2.45) is 5.10 Å². The lowest BCUT2D eigenvalue weighted by Crippen LogP contribution is -1.94. The molecule has 2 heterocycles. The molecule has 0 saturated carbocycles. The zero-order chi connectivity index (χ0) is 16.2. The van der Waals surface area contributed by atoms with Crippen LogP contribution in [0.1, 0.15) is 5.56 Å². The minimum absolute atomic E-state index is 0.281. The van der Waals surface area contributed by atoms with Gasteiger partial charge in [0.05, 0.1) is 6.21 Å². The third-order valence-corrected chi connectivity index (χ3v) is 3.71. The second-order valence-corrected chi connectivity index (χ2v) is 5.41. The summed E-state index contributed by atoms with van der Waals surface area (Å²) in [5.74, 6) is -0.595. The van der Waals surface area contributed by atoms with Gasteiger partial charge in [-0.05, 0) is 29.8 Å². The van der Waals surface area contributed by atoms with Crippen LogP contribution in [0.3, 0.4) is 0 Å². The van der Waals surface area contributed by atoms with Crippen LogP contribution in [0.25, 0.3) is 11.1 Å². The van der Waals surface area contributed by atoms with Crippen molar-refractivity contribution in [2.75, 3.05) is 11.2 Å². The van der Waals surface area contributed by atoms with E-state index in [-0.39, 0.29) is 5.56 Å². The number of halogens is 2. The molecule has 2 aromatic heterocycles. The molecule has 0 radical (unpaired) electrons. The zero-order valence-electron chi connectivity index (χ0n) is 11.7. The number of benzene rings is 1. The number of nitrogens with two attached hydrogens (primary N) is 1. The number of nitrogens with zero attached hydrogens (tertiary/aromatic N) is 3. The predicted octanol–water partition coefficient (Wildman–Crippen LogP) is 3.51. The highest BCUT2D eigenvalue weighted by molar-refractivity contribution is 7.14. The molecule has 0 bridgehead atoms. The van der Waals surface area contributed by atoms with E-state index in [1.165, 1.54) is 35.9 Å². The molecule has 0 aliphatic rings. The van der Waals surface area contributed by atoms with Gasteiger partial charge in [-0.25, -0.2) is 14.4 Å². The summed E-state index contributed by atoms with van der Waals surface area (Å²) in [6, 6.07) is 7.34. The van der Waals surface area contributed by atoms with Gasteiger partial charge in [0.2, 0.25) is 11.1 Å². The zero-order valence-corrected chi connectivity index (χ0v) is 12.5. The number of anilines is 2. The Bertz CT molecular complexity index is 845. The summed E-state index contributed by atoms with van der Waals surface area (Å²) in [5.41, 5.74) is 9.84. The van der Waals surface area contributed by atoms with Crippen LogP contribution < -0.4 is 11.2 Å². The molecule has 23 heavy (non-hydrogen) atoms. The Labute approximate surface area is 134 Å². The second kappa shape index (κ2) is 6.49. The minimum atomic E-state index is -0.565. The molecule has 3 rings (SSSR count). The average molecular weight is 331 g/mol. The number of rotatable bonds is 4. The number of hydrogen-bond donors (Lipinski definition) is 2. The Hall–Kier alpha value is -2.87. The van der Waals surface area contributed by atoms with E-state index in [4.69, 9.17) is 5.73 Å². The average Bonchev–Trinajstić information content (AvgIpc) is 2.95. The number of nitrogens with one attached hydrogen (secondary N) is 1. The van der Waals surface area contributed by atoms with E-state index in [0.717, 1.165) is 0 Å². The predicted molar refractivity (Wildman–Crippen MR) is 87.3 cm³/mol. The van der Waals surface area contributed by atoms with E-state index >= 15 is 0 Å². The van der Waals surface area contributed by atoms with Crippen LogP contribution in [0.4, 0.5) is 19.7 Å². The fourth-order valence-electron chi connectivity index (χ4n) is 1.86. The van der Waals surface area contributed by atoms with Gasteiger partial charge >= 0.3 is 0 Å². The van der Waals surface area contributed by atoms with Crippen molar-refractivity contribution < 1.29 is 8.78 Å². The molecule has 8 heteroatoms. The summed E-state index contributed by atoms with van der Waals surface area (Å²) < 4.78 is 26.7. The van der Waals surface area contributed by atoms with Crippen molar-refractivity contribution in [3.8, 4) is 11.1 Å². The fourth-order valence-corrected chi connectivity index (χ4v) is 2.41. The summed E-state index contributed by atoms with van der Waals surface area (Å²) in [6.45, 7) is 0. The third kappa shape index (κ3) is 3.67. The number of pyridine rings is 1. The number of nitrogen functional groups attached to an aromatic ring is 1. The van der Waals surface area contributed by atoms with Crippen LogP contribution in [0.2, 0.25) is 0 Å². The highest BCUT2D eigenvalue weighted by Crippen LogP contribution is 2.21. The summed E-state index contributed by atoms with van der Waals surface area (Å²) in [5, 5.41) is 6.12. The van der Waals surface area contributed by atoms with E-state index in [2.05, 4.69) is 20.5 Å². The van der Waals surface area contributed by atoms with Gasteiger partial charge in [0.1, 0.15) is 11.6 Å². The molecule has 0 saturated heterocycles. The van der Waals surface area contributed by atoms with Gasteiger partial charge in [-0.15, -0.1) is 11.3 Å². The fraction of sp³-hybridized carbons (Fsp3) is 0. The van der Waals surface area contributed by atoms with Gasteiger partial charge in [0.15, 0.2) is 0 Å². The van der Waals surface area contributed by atoms with Crippen molar-refractivity contribution in [1.29, 1.82) is 0 Å². The molecular weight excluding hydrogens is 320 g/mol. The summed E-state index contributed by atoms with van der Waals surface area (Å²) in [4.78, 5) is 7.56. The number of hydrazone groups is 1. The first kappa shape index (κ1) is 15.0. The molecule has 0 unspecified atom stereocenters. The first-order chi connectivity index (χ1) is 11.1. The summed E-state index contributed by atoms with van der Waals surface area (Å²) >= 11 is 1.29. The van der Waals surface area contributed by atoms with Crippen molar-refractivity contribution in [2.45, 2.75) is 0 Å². The normalized spacial score (nSPS) is 11.0. The molecule has 0 atom stereocenters. The molecule has 0 spiro atoms. The monoisotopic (exact) mass is 331 g/mol. The maximum atomic E-state index is 13.9. The topological polar surface area (TPSA) is 76.2 Å². The van der Waals surface area contributed by atoms with Crippen LogP contribution in [0, 0.1) is 11.8 Å². The number of hydrogen-bond acceptors (Lipinski definition) is 6. The Balaban J connectivity index is 1.81. The molecule has 0 fully saturated rings. The van der Waals surface area contributed by atoms with Crippen LogP contribution in [-0.2, 0) is 0 Å². The van der Waals surface area contributed by atoms with E-state index < -0.39 is 11.8 Å². The largest absolute Gasteiger partial charge is 0.383 e. The van der Waals surface area contributed by atoms with Crippen LogP contribution in [-0.4, -0.2) is 16.2 Å². The Kier molecular flexibility index (Phi) is 4.24. The molecule has 116 valence electrons. The minimum Gasteiger partial charge on any atom is -0.383 e. The summed E-state index contributed by atoms with van der Waals surface area (Å²) in [7, 11) is 0. The molecule has 3 aromatic rings. The lowest BCUT2D eigenvalue weighted by Gasteiger charge is -2.03. The van der Waals surface area contributed by atoms with Crippen molar-refractivity contribution >= 4 is 28.5 Å². The lowest BCUT2D eigenvalue weighted by molar-refractivity contribution is 0.584. The van der Waals surface area contributed by atoms with Gasteiger partial charge in [0, 0.05) is 22.7 Å². The standard InChI is InChI=1S/C15H11F2N5S/c16-12-3-1-9(10-2-4-13(17)19-6-10)5-11(12)7-20-22-15-21-14(18)8-23-15/h1-8H,18H2,(H,21,22). The van der Waals surface area contributed by atoms with Gasteiger partial charge in [0.25, 0.3) is 0 Å². The second-order valence-electron chi connectivity index (χ2n) is 4.55. The SMILES string of the molecule is Nc1csc(NN=Cc2cc(-c3ccc(F)nc3)ccc2F)n1. The third-order valence-electron chi connectivity index (χ3n) is 2.94. The molecule has 0 aliphatic carbocycles.